The number of hydrogen-bond donors (Lipinski definition) is 1. The summed E-state index contributed by atoms with van der Waals surface area (Å²) in [5, 5.41) is 3.56. The topological polar surface area (TPSA) is 77.2 Å². The molecule has 28 heavy (non-hydrogen) atoms. The second-order valence-electron chi connectivity index (χ2n) is 6.07. The number of furan rings is 1. The van der Waals surface area contributed by atoms with Crippen LogP contribution in [0, 0.1) is 5.82 Å². The molecule has 2 aromatic carbocycles. The third kappa shape index (κ3) is 3.55. The molecule has 0 atom stereocenters. The number of carbonyl (C=O) groups excluding carboxylic acids is 1. The molecular weight excluding hydrogens is 361 g/mol. The smallest absolute Gasteiger partial charge is 0.287 e. The number of hydrogen-bond acceptors (Lipinski definition) is 5. The summed E-state index contributed by atoms with van der Waals surface area (Å²) < 4.78 is 24.0. The minimum atomic E-state index is -0.361. The summed E-state index contributed by atoms with van der Waals surface area (Å²) in [5.41, 5.74) is 2.56. The number of carbonyl (C=O) groups is 1. The Labute approximate surface area is 160 Å². The molecule has 1 amide bonds. The van der Waals surface area contributed by atoms with Crippen molar-refractivity contribution >= 4 is 16.9 Å². The molecule has 140 valence electrons. The van der Waals surface area contributed by atoms with E-state index in [1.165, 1.54) is 18.5 Å². The van der Waals surface area contributed by atoms with E-state index in [4.69, 9.17) is 9.15 Å². The van der Waals surface area contributed by atoms with Crippen LogP contribution in [0.1, 0.15) is 16.2 Å². The van der Waals surface area contributed by atoms with E-state index in [2.05, 4.69) is 15.3 Å². The number of amides is 1. The third-order valence-corrected chi connectivity index (χ3v) is 4.25. The average molecular weight is 377 g/mol. The van der Waals surface area contributed by atoms with Crippen LogP contribution in [0.3, 0.4) is 0 Å². The van der Waals surface area contributed by atoms with Gasteiger partial charge in [-0.1, -0.05) is 12.1 Å². The van der Waals surface area contributed by atoms with Gasteiger partial charge >= 0.3 is 0 Å². The Morgan fingerprint density at radius 1 is 1.14 bits per heavy atom. The van der Waals surface area contributed by atoms with Crippen LogP contribution >= 0.6 is 0 Å². The number of fused-ring (bicyclic) bond motifs is 1. The van der Waals surface area contributed by atoms with Crippen LogP contribution in [0.5, 0.6) is 5.75 Å². The Morgan fingerprint density at radius 3 is 2.75 bits per heavy atom. The van der Waals surface area contributed by atoms with Crippen LogP contribution in [0.2, 0.25) is 0 Å². The van der Waals surface area contributed by atoms with E-state index >= 15 is 0 Å². The number of para-hydroxylation sites is 1. The fourth-order valence-electron chi connectivity index (χ4n) is 2.84. The fourth-order valence-corrected chi connectivity index (χ4v) is 2.84. The molecule has 4 aromatic rings. The van der Waals surface area contributed by atoms with Gasteiger partial charge in [0, 0.05) is 10.9 Å². The molecular formula is C21H16FN3O3. The van der Waals surface area contributed by atoms with E-state index in [1.807, 2.05) is 12.1 Å². The standard InChI is InChI=1S/C21H16FN3O3/c1-27-18-4-2-3-14-9-19(28-20(14)18)21(26)23-11-16-10-17(25-12-24-16)13-5-7-15(22)8-6-13/h2-10,12H,11H2,1H3,(H,23,26). The lowest BCUT2D eigenvalue weighted by Crippen LogP contribution is -2.22. The zero-order chi connectivity index (χ0) is 19.5. The summed E-state index contributed by atoms with van der Waals surface area (Å²) in [4.78, 5) is 20.8. The minimum Gasteiger partial charge on any atom is -0.493 e. The summed E-state index contributed by atoms with van der Waals surface area (Å²) in [6.45, 7) is 0.198. The highest BCUT2D eigenvalue weighted by molar-refractivity contribution is 5.97. The van der Waals surface area contributed by atoms with E-state index in [0.29, 0.717) is 22.7 Å². The van der Waals surface area contributed by atoms with Gasteiger partial charge < -0.3 is 14.5 Å². The number of rotatable bonds is 5. The van der Waals surface area contributed by atoms with Crippen LogP contribution in [-0.4, -0.2) is 23.0 Å². The Balaban J connectivity index is 1.49. The molecule has 0 fully saturated rings. The molecule has 0 saturated heterocycles. The predicted octanol–water partition coefficient (Wildman–Crippen LogP) is 3.97. The quantitative estimate of drug-likeness (QED) is 0.569. The number of halogens is 1. The normalized spacial score (nSPS) is 10.8. The molecule has 0 unspecified atom stereocenters. The second kappa shape index (κ2) is 7.48. The van der Waals surface area contributed by atoms with E-state index in [1.54, 1.807) is 37.4 Å². The van der Waals surface area contributed by atoms with E-state index in [0.717, 1.165) is 10.9 Å². The maximum Gasteiger partial charge on any atom is 0.287 e. The zero-order valence-electron chi connectivity index (χ0n) is 15.0. The predicted molar refractivity (Wildman–Crippen MR) is 101 cm³/mol. The maximum atomic E-state index is 13.1. The maximum absolute atomic E-state index is 13.1. The molecule has 0 aliphatic heterocycles. The first-order valence-corrected chi connectivity index (χ1v) is 8.55. The molecule has 0 bridgehead atoms. The van der Waals surface area contributed by atoms with Crippen LogP contribution in [0.15, 0.2) is 65.3 Å². The lowest BCUT2D eigenvalue weighted by molar-refractivity contribution is 0.0924. The third-order valence-electron chi connectivity index (χ3n) is 4.25. The van der Waals surface area contributed by atoms with Gasteiger partial charge in [0.15, 0.2) is 17.1 Å². The van der Waals surface area contributed by atoms with Gasteiger partial charge in [-0.3, -0.25) is 4.79 Å². The number of nitrogens with one attached hydrogen (secondary N) is 1. The first kappa shape index (κ1) is 17.7. The minimum absolute atomic E-state index is 0.187. The highest BCUT2D eigenvalue weighted by atomic mass is 19.1. The number of benzene rings is 2. The van der Waals surface area contributed by atoms with Crippen molar-refractivity contribution in [1.29, 1.82) is 0 Å². The molecule has 0 spiro atoms. The molecule has 0 radical (unpaired) electrons. The molecule has 1 N–H and O–H groups in total. The van der Waals surface area contributed by atoms with Crippen molar-refractivity contribution in [1.82, 2.24) is 15.3 Å². The summed E-state index contributed by atoms with van der Waals surface area (Å²) in [6.07, 6.45) is 1.41. The molecule has 4 rings (SSSR count). The monoisotopic (exact) mass is 377 g/mol. The van der Waals surface area contributed by atoms with Crippen molar-refractivity contribution in [2.75, 3.05) is 7.11 Å². The largest absolute Gasteiger partial charge is 0.493 e. The molecule has 0 saturated carbocycles. The van der Waals surface area contributed by atoms with Crippen molar-refractivity contribution in [2.24, 2.45) is 0 Å². The fraction of sp³-hybridized carbons (Fsp3) is 0.0952. The zero-order valence-corrected chi connectivity index (χ0v) is 15.0. The van der Waals surface area contributed by atoms with Gasteiger partial charge in [0.25, 0.3) is 5.91 Å². The van der Waals surface area contributed by atoms with Gasteiger partial charge in [0.1, 0.15) is 12.1 Å². The van der Waals surface area contributed by atoms with Gasteiger partial charge in [0.2, 0.25) is 0 Å². The van der Waals surface area contributed by atoms with Gasteiger partial charge in [-0.05, 0) is 42.5 Å². The van der Waals surface area contributed by atoms with Crippen molar-refractivity contribution < 1.29 is 18.3 Å². The Morgan fingerprint density at radius 2 is 1.96 bits per heavy atom. The van der Waals surface area contributed by atoms with Crippen molar-refractivity contribution in [3.63, 3.8) is 0 Å². The summed E-state index contributed by atoms with van der Waals surface area (Å²) in [7, 11) is 1.55. The number of ether oxygens (including phenoxy) is 1. The van der Waals surface area contributed by atoms with E-state index in [-0.39, 0.29) is 24.0 Å². The SMILES string of the molecule is COc1cccc2cc(C(=O)NCc3cc(-c4ccc(F)cc4)ncn3)oc12. The van der Waals surface area contributed by atoms with Crippen molar-refractivity contribution in [2.45, 2.75) is 6.54 Å². The Hall–Kier alpha value is -3.74. The molecule has 7 heteroatoms. The van der Waals surface area contributed by atoms with Gasteiger partial charge in [-0.15, -0.1) is 0 Å². The number of nitrogens with zero attached hydrogens (tertiary/aromatic N) is 2. The number of aromatic nitrogens is 2. The van der Waals surface area contributed by atoms with E-state index < -0.39 is 0 Å². The second-order valence-corrected chi connectivity index (χ2v) is 6.07. The van der Waals surface area contributed by atoms with Gasteiger partial charge in [-0.2, -0.15) is 0 Å². The van der Waals surface area contributed by atoms with Crippen LogP contribution in [-0.2, 0) is 6.54 Å². The summed E-state index contributed by atoms with van der Waals surface area (Å²) in [5.74, 6) is 0.0801. The summed E-state index contributed by atoms with van der Waals surface area (Å²) in [6, 6.07) is 14.9. The molecule has 6 nitrogen and oxygen atoms in total. The molecule has 2 aromatic heterocycles. The van der Waals surface area contributed by atoms with Crippen LogP contribution < -0.4 is 10.1 Å². The lowest BCUT2D eigenvalue weighted by Gasteiger charge is -2.05. The van der Waals surface area contributed by atoms with Crippen molar-refractivity contribution in [3.05, 3.63) is 78.2 Å². The Kier molecular flexibility index (Phi) is 4.72. The lowest BCUT2D eigenvalue weighted by atomic mass is 10.1. The highest BCUT2D eigenvalue weighted by Gasteiger charge is 2.15. The number of methoxy groups -OCH3 is 1. The van der Waals surface area contributed by atoms with Crippen LogP contribution in [0.25, 0.3) is 22.2 Å². The van der Waals surface area contributed by atoms with Crippen LogP contribution in [0.4, 0.5) is 4.39 Å². The van der Waals surface area contributed by atoms with Gasteiger partial charge in [-0.25, -0.2) is 14.4 Å². The van der Waals surface area contributed by atoms with Crippen molar-refractivity contribution in [3.8, 4) is 17.0 Å². The Bertz CT molecular complexity index is 1140. The highest BCUT2D eigenvalue weighted by Crippen LogP contribution is 2.28. The first-order chi connectivity index (χ1) is 13.6. The average Bonchev–Trinajstić information content (AvgIpc) is 3.17. The molecule has 2 heterocycles. The molecule has 0 aliphatic rings. The molecule has 0 aliphatic carbocycles. The summed E-state index contributed by atoms with van der Waals surface area (Å²) >= 11 is 0. The first-order valence-electron chi connectivity index (χ1n) is 8.55. The van der Waals surface area contributed by atoms with E-state index in [9.17, 15) is 9.18 Å². The van der Waals surface area contributed by atoms with Gasteiger partial charge in [0.05, 0.1) is 25.0 Å².